The molecule has 194 valence electrons. The van der Waals surface area contributed by atoms with Crippen LogP contribution in [0.1, 0.15) is 44.2 Å². The Morgan fingerprint density at radius 2 is 1.82 bits per heavy atom. The van der Waals surface area contributed by atoms with Crippen LogP contribution < -0.4 is 20.3 Å². The molecule has 4 heterocycles. The normalized spacial score (nSPS) is 17.3. The van der Waals surface area contributed by atoms with Crippen molar-refractivity contribution in [3.05, 3.63) is 96.8 Å². The minimum Gasteiger partial charge on any atom is -0.494 e. The highest BCUT2D eigenvalue weighted by molar-refractivity contribution is 7.80. The first-order valence-electron chi connectivity index (χ1n) is 12.4. The van der Waals surface area contributed by atoms with E-state index < -0.39 is 5.41 Å². The first-order chi connectivity index (χ1) is 18.3. The number of methoxy groups -OCH3 is 1. The van der Waals surface area contributed by atoms with Crippen LogP contribution in [0.4, 0.5) is 11.4 Å². The Hall–Kier alpha value is -4.24. The molecule has 2 atom stereocenters. The summed E-state index contributed by atoms with van der Waals surface area (Å²) in [6, 6.07) is 19.2. The van der Waals surface area contributed by atoms with Crippen LogP contribution in [0, 0.1) is 5.41 Å². The van der Waals surface area contributed by atoms with E-state index in [1.807, 2.05) is 81.6 Å². The maximum absolute atomic E-state index is 12.7. The van der Waals surface area contributed by atoms with Crippen LogP contribution in [0.25, 0.3) is 5.69 Å². The predicted molar refractivity (Wildman–Crippen MR) is 153 cm³/mol. The largest absolute Gasteiger partial charge is 0.494 e. The number of hydrogen-bond donors (Lipinski definition) is 2. The van der Waals surface area contributed by atoms with E-state index in [-0.39, 0.29) is 18.0 Å². The number of thiocarbonyl (C=S) groups is 1. The van der Waals surface area contributed by atoms with Crippen LogP contribution in [-0.2, 0) is 4.79 Å². The lowest BCUT2D eigenvalue weighted by atomic mass is 9.95. The molecule has 1 amide bonds. The fourth-order valence-corrected chi connectivity index (χ4v) is 4.90. The van der Waals surface area contributed by atoms with E-state index in [2.05, 4.69) is 36.1 Å². The van der Waals surface area contributed by atoms with Crippen LogP contribution in [0.3, 0.4) is 0 Å². The molecule has 9 heteroatoms. The van der Waals surface area contributed by atoms with Crippen molar-refractivity contribution in [1.82, 2.24) is 19.9 Å². The summed E-state index contributed by atoms with van der Waals surface area (Å²) in [7, 11) is 1.59. The molecule has 1 aliphatic heterocycles. The lowest BCUT2D eigenvalue weighted by Gasteiger charge is -2.29. The molecule has 0 radical (unpaired) electrons. The standard InChI is InChI=1S/C29H30N6O2S/c1-29(2,3)27(36)32-21-11-10-20(18-24(21)37-4)35-26(25(33-28(35)38)22-8-5-6-14-31-22)23-9-7-17-34(23)19-12-15-30-16-13-19/h5-18,25-26H,1-4H3,(H,32,36)(H,33,38)/t25-,26-/m1/s1. The van der Waals surface area contributed by atoms with E-state index in [4.69, 9.17) is 17.0 Å². The first kappa shape index (κ1) is 25.4. The smallest absolute Gasteiger partial charge is 0.229 e. The monoisotopic (exact) mass is 526 g/mol. The zero-order chi connectivity index (χ0) is 26.9. The minimum absolute atomic E-state index is 0.0924. The average molecular weight is 527 g/mol. The van der Waals surface area contributed by atoms with Gasteiger partial charge in [0.1, 0.15) is 11.8 Å². The van der Waals surface area contributed by atoms with Gasteiger partial charge in [0.25, 0.3) is 0 Å². The summed E-state index contributed by atoms with van der Waals surface area (Å²) in [5, 5.41) is 7.05. The molecule has 4 aromatic rings. The number of carbonyl (C=O) groups excluding carboxylic acids is 1. The number of hydrogen-bond acceptors (Lipinski definition) is 5. The Labute approximate surface area is 227 Å². The average Bonchev–Trinajstić information content (AvgIpc) is 3.53. The van der Waals surface area contributed by atoms with Crippen LogP contribution >= 0.6 is 12.2 Å². The zero-order valence-electron chi connectivity index (χ0n) is 21.8. The number of nitrogens with zero attached hydrogens (tertiary/aromatic N) is 4. The molecule has 38 heavy (non-hydrogen) atoms. The molecule has 0 aliphatic carbocycles. The number of aromatic nitrogens is 3. The molecule has 1 fully saturated rings. The maximum Gasteiger partial charge on any atom is 0.229 e. The Morgan fingerprint density at radius 1 is 1.03 bits per heavy atom. The molecule has 0 bridgehead atoms. The maximum atomic E-state index is 12.7. The third kappa shape index (κ3) is 4.84. The van der Waals surface area contributed by atoms with Gasteiger partial charge in [-0.15, -0.1) is 0 Å². The van der Waals surface area contributed by atoms with E-state index in [1.165, 1.54) is 0 Å². The summed E-state index contributed by atoms with van der Waals surface area (Å²) in [5.74, 6) is 0.456. The van der Waals surface area contributed by atoms with Gasteiger partial charge in [-0.1, -0.05) is 26.8 Å². The zero-order valence-corrected chi connectivity index (χ0v) is 22.6. The summed E-state index contributed by atoms with van der Waals surface area (Å²) in [5.41, 5.74) is 3.81. The second-order valence-electron chi connectivity index (χ2n) is 10.1. The molecule has 0 saturated carbocycles. The van der Waals surface area contributed by atoms with Crippen LogP contribution in [-0.4, -0.2) is 32.7 Å². The van der Waals surface area contributed by atoms with E-state index >= 15 is 0 Å². The van der Waals surface area contributed by atoms with E-state index in [0.29, 0.717) is 16.5 Å². The number of rotatable bonds is 6. The van der Waals surface area contributed by atoms with Crippen molar-refractivity contribution >= 4 is 34.6 Å². The molecule has 0 unspecified atom stereocenters. The van der Waals surface area contributed by atoms with Crippen molar-refractivity contribution in [2.75, 3.05) is 17.3 Å². The van der Waals surface area contributed by atoms with Gasteiger partial charge in [-0.2, -0.15) is 0 Å². The number of nitrogens with one attached hydrogen (secondary N) is 2. The first-order valence-corrected chi connectivity index (χ1v) is 12.8. The van der Waals surface area contributed by atoms with Gasteiger partial charge in [0.05, 0.1) is 24.5 Å². The number of pyridine rings is 2. The van der Waals surface area contributed by atoms with Crippen LogP contribution in [0.2, 0.25) is 0 Å². The van der Waals surface area contributed by atoms with Gasteiger partial charge >= 0.3 is 0 Å². The minimum atomic E-state index is -0.538. The van der Waals surface area contributed by atoms with Gasteiger partial charge < -0.3 is 24.8 Å². The second kappa shape index (κ2) is 10.3. The highest BCUT2D eigenvalue weighted by atomic mass is 32.1. The molecule has 1 aliphatic rings. The van der Waals surface area contributed by atoms with Gasteiger partial charge in [-0.3, -0.25) is 14.8 Å². The van der Waals surface area contributed by atoms with Crippen LogP contribution in [0.5, 0.6) is 5.75 Å². The fourth-order valence-electron chi connectivity index (χ4n) is 4.55. The van der Waals surface area contributed by atoms with E-state index in [9.17, 15) is 4.79 Å². The van der Waals surface area contributed by atoms with Gasteiger partial charge in [0.2, 0.25) is 5.91 Å². The summed E-state index contributed by atoms with van der Waals surface area (Å²) in [4.78, 5) is 23.6. The predicted octanol–water partition coefficient (Wildman–Crippen LogP) is 5.44. The summed E-state index contributed by atoms with van der Waals surface area (Å²) < 4.78 is 7.83. The van der Waals surface area contributed by atoms with Gasteiger partial charge in [-0.25, -0.2) is 0 Å². The Balaban J connectivity index is 1.60. The quantitative estimate of drug-likeness (QED) is 0.324. The third-order valence-electron chi connectivity index (χ3n) is 6.51. The Kier molecular flexibility index (Phi) is 6.86. The molecule has 2 N–H and O–H groups in total. The molecular formula is C29H30N6O2S. The van der Waals surface area contributed by atoms with Crippen molar-refractivity contribution in [3.8, 4) is 11.4 Å². The molecule has 3 aromatic heterocycles. The third-order valence-corrected chi connectivity index (χ3v) is 6.83. The Morgan fingerprint density at radius 3 is 2.50 bits per heavy atom. The van der Waals surface area contributed by atoms with E-state index in [0.717, 1.165) is 22.8 Å². The van der Waals surface area contributed by atoms with Crippen molar-refractivity contribution in [2.24, 2.45) is 5.41 Å². The fraction of sp³-hybridized carbons (Fsp3) is 0.241. The number of carbonyl (C=O) groups is 1. The Bertz CT molecular complexity index is 1450. The molecule has 8 nitrogen and oxygen atoms in total. The molecule has 0 spiro atoms. The summed E-state index contributed by atoms with van der Waals surface area (Å²) >= 11 is 5.90. The van der Waals surface area contributed by atoms with Gasteiger partial charge in [0.15, 0.2) is 5.11 Å². The van der Waals surface area contributed by atoms with Crippen molar-refractivity contribution in [3.63, 3.8) is 0 Å². The van der Waals surface area contributed by atoms with Gasteiger partial charge in [0, 0.05) is 53.3 Å². The highest BCUT2D eigenvalue weighted by Gasteiger charge is 2.42. The lowest BCUT2D eigenvalue weighted by Crippen LogP contribution is -2.30. The molecule has 5 rings (SSSR count). The van der Waals surface area contributed by atoms with Crippen LogP contribution in [0.15, 0.2) is 85.5 Å². The number of anilines is 2. The SMILES string of the molecule is COc1cc(N2C(=S)N[C@H](c3ccccn3)[C@H]2c2cccn2-c2ccncc2)ccc1NC(=O)C(C)(C)C. The van der Waals surface area contributed by atoms with Crippen molar-refractivity contribution in [1.29, 1.82) is 0 Å². The topological polar surface area (TPSA) is 84.3 Å². The molecule has 1 saturated heterocycles. The van der Waals surface area contributed by atoms with E-state index in [1.54, 1.807) is 25.7 Å². The number of amides is 1. The highest BCUT2D eigenvalue weighted by Crippen LogP contribution is 2.44. The summed E-state index contributed by atoms with van der Waals surface area (Å²) in [6.45, 7) is 5.62. The number of benzene rings is 1. The second-order valence-corrected chi connectivity index (χ2v) is 10.5. The van der Waals surface area contributed by atoms with Crippen molar-refractivity contribution < 1.29 is 9.53 Å². The lowest BCUT2D eigenvalue weighted by molar-refractivity contribution is -0.123. The van der Waals surface area contributed by atoms with Gasteiger partial charge in [-0.05, 0) is 60.7 Å². The molecular weight excluding hydrogens is 496 g/mol. The van der Waals surface area contributed by atoms with Crippen molar-refractivity contribution in [2.45, 2.75) is 32.9 Å². The molecule has 1 aromatic carbocycles. The summed E-state index contributed by atoms with van der Waals surface area (Å²) in [6.07, 6.45) is 7.38. The number of ether oxygens (including phenoxy) is 1.